The third-order valence-electron chi connectivity index (χ3n) is 10.3. The summed E-state index contributed by atoms with van der Waals surface area (Å²) in [7, 11) is 0. The number of aliphatic hydroxyl groups excluding tert-OH is 1. The lowest BCUT2D eigenvalue weighted by Crippen LogP contribution is -2.60. The highest BCUT2D eigenvalue weighted by Crippen LogP contribution is 2.69. The Morgan fingerprint density at radius 2 is 1.68 bits per heavy atom. The Kier molecular flexibility index (Phi) is 9.76. The largest absolute Gasteiger partial charge is 0.462 e. The Labute approximate surface area is 241 Å². The van der Waals surface area contributed by atoms with Crippen LogP contribution in [0.25, 0.3) is 0 Å². The molecular formula is C34H50O6. The number of aliphatic hydroxyl groups is 1. The summed E-state index contributed by atoms with van der Waals surface area (Å²) in [5.41, 5.74) is 3.11. The van der Waals surface area contributed by atoms with Gasteiger partial charge in [0.1, 0.15) is 12.2 Å². The van der Waals surface area contributed by atoms with Crippen molar-refractivity contribution in [1.29, 1.82) is 0 Å². The minimum absolute atomic E-state index is 0.0410. The van der Waals surface area contributed by atoms with E-state index in [1.807, 2.05) is 45.9 Å². The molecule has 0 radical (unpaired) electrons. The van der Waals surface area contributed by atoms with Crippen molar-refractivity contribution in [2.24, 2.45) is 28.1 Å². The van der Waals surface area contributed by atoms with Crippen LogP contribution in [0.2, 0.25) is 0 Å². The zero-order chi connectivity index (χ0) is 30.0. The average molecular weight is 555 g/mol. The number of ether oxygens (including phenoxy) is 2. The molecule has 0 aromatic heterocycles. The third-order valence-corrected chi connectivity index (χ3v) is 10.3. The molecule has 0 amide bonds. The van der Waals surface area contributed by atoms with Crippen LogP contribution in [0.3, 0.4) is 0 Å². The molecule has 6 heteroatoms. The van der Waals surface area contributed by atoms with E-state index in [9.17, 15) is 19.5 Å². The number of Topliss-reactive ketones (excluding diaryl/α,β-unsaturated/α-hetero) is 1. The van der Waals surface area contributed by atoms with Crippen LogP contribution in [-0.2, 0) is 23.9 Å². The van der Waals surface area contributed by atoms with E-state index in [1.54, 1.807) is 0 Å². The molecule has 3 rings (SSSR count). The average Bonchev–Trinajstić information content (AvgIpc) is 3.14. The van der Waals surface area contributed by atoms with Crippen LogP contribution in [0.5, 0.6) is 0 Å². The van der Waals surface area contributed by atoms with Crippen molar-refractivity contribution in [1.82, 2.24) is 0 Å². The van der Waals surface area contributed by atoms with E-state index in [2.05, 4.69) is 26.8 Å². The van der Waals surface area contributed by atoms with Gasteiger partial charge in [-0.05, 0) is 81.8 Å². The summed E-state index contributed by atoms with van der Waals surface area (Å²) >= 11 is 0. The Morgan fingerprint density at radius 1 is 1.00 bits per heavy atom. The van der Waals surface area contributed by atoms with Crippen molar-refractivity contribution in [2.45, 2.75) is 113 Å². The lowest BCUT2D eigenvalue weighted by molar-refractivity contribution is -0.198. The van der Waals surface area contributed by atoms with E-state index in [4.69, 9.17) is 9.47 Å². The first-order valence-corrected chi connectivity index (χ1v) is 14.8. The monoisotopic (exact) mass is 554 g/mol. The molecule has 3 saturated carbocycles. The number of hydrogen-bond acceptors (Lipinski definition) is 6. The Bertz CT molecular complexity index is 1140. The van der Waals surface area contributed by atoms with Gasteiger partial charge in [-0.25, -0.2) is 0 Å². The lowest BCUT2D eigenvalue weighted by Gasteiger charge is -2.62. The van der Waals surface area contributed by atoms with Crippen molar-refractivity contribution in [2.75, 3.05) is 6.61 Å². The third kappa shape index (κ3) is 6.07. The molecule has 0 saturated heterocycles. The van der Waals surface area contributed by atoms with Crippen molar-refractivity contribution < 1.29 is 29.0 Å². The maximum atomic E-state index is 13.6. The van der Waals surface area contributed by atoms with E-state index < -0.39 is 5.41 Å². The van der Waals surface area contributed by atoms with Crippen LogP contribution in [0.1, 0.15) is 101 Å². The lowest BCUT2D eigenvalue weighted by atomic mass is 9.43. The minimum Gasteiger partial charge on any atom is -0.462 e. The number of carbonyl (C=O) groups is 3. The summed E-state index contributed by atoms with van der Waals surface area (Å²) in [5, 5.41) is 10.6. The van der Waals surface area contributed by atoms with Gasteiger partial charge in [0.25, 0.3) is 0 Å². The van der Waals surface area contributed by atoms with Crippen LogP contribution in [0.15, 0.2) is 46.6 Å². The summed E-state index contributed by atoms with van der Waals surface area (Å²) in [6, 6.07) is 0. The maximum absolute atomic E-state index is 13.6. The van der Waals surface area contributed by atoms with Crippen molar-refractivity contribution in [3.05, 3.63) is 46.6 Å². The van der Waals surface area contributed by atoms with E-state index in [0.29, 0.717) is 19.3 Å². The molecule has 3 fully saturated rings. The number of fused-ring (bicyclic) bond motifs is 3. The molecule has 1 N–H and O–H groups in total. The van der Waals surface area contributed by atoms with Crippen LogP contribution < -0.4 is 0 Å². The van der Waals surface area contributed by atoms with Gasteiger partial charge in [-0.2, -0.15) is 0 Å². The van der Waals surface area contributed by atoms with Crippen molar-refractivity contribution >= 4 is 17.7 Å². The van der Waals surface area contributed by atoms with Gasteiger partial charge in [-0.15, -0.1) is 0 Å². The topological polar surface area (TPSA) is 89.9 Å². The Hall–Kier alpha value is -2.47. The quantitative estimate of drug-likeness (QED) is 0.153. The molecular weight excluding hydrogens is 504 g/mol. The summed E-state index contributed by atoms with van der Waals surface area (Å²) in [6.07, 6.45) is 11.8. The summed E-state index contributed by atoms with van der Waals surface area (Å²) in [4.78, 5) is 37.1. The second-order valence-electron chi connectivity index (χ2n) is 13.4. The first kappa shape index (κ1) is 32.0. The van der Waals surface area contributed by atoms with Crippen molar-refractivity contribution in [3.8, 4) is 0 Å². The highest BCUT2D eigenvalue weighted by molar-refractivity contribution is 6.00. The van der Waals surface area contributed by atoms with Crippen LogP contribution in [0.4, 0.5) is 0 Å². The Morgan fingerprint density at radius 3 is 2.25 bits per heavy atom. The molecule has 0 aromatic carbocycles. The van der Waals surface area contributed by atoms with E-state index in [-0.39, 0.29) is 59.2 Å². The van der Waals surface area contributed by atoms with Gasteiger partial charge in [-0.3, -0.25) is 14.4 Å². The van der Waals surface area contributed by atoms with E-state index >= 15 is 0 Å². The zero-order valence-corrected chi connectivity index (χ0v) is 26.1. The van der Waals surface area contributed by atoms with Gasteiger partial charge in [-0.1, -0.05) is 50.6 Å². The van der Waals surface area contributed by atoms with Crippen LogP contribution >= 0.6 is 0 Å². The molecule has 0 aromatic rings. The fourth-order valence-corrected chi connectivity index (χ4v) is 8.39. The molecule has 0 spiro atoms. The normalized spacial score (nSPS) is 36.0. The molecule has 222 valence electrons. The highest BCUT2D eigenvalue weighted by Gasteiger charge is 2.66. The van der Waals surface area contributed by atoms with E-state index in [0.717, 1.165) is 36.0 Å². The maximum Gasteiger partial charge on any atom is 0.303 e. The summed E-state index contributed by atoms with van der Waals surface area (Å²) in [5.74, 6) is -0.0670. The number of ketones is 1. The number of allylic oxidation sites excluding steroid dienone is 6. The summed E-state index contributed by atoms with van der Waals surface area (Å²) in [6.45, 7) is 17.5. The zero-order valence-electron chi connectivity index (χ0n) is 26.1. The number of rotatable bonds is 8. The van der Waals surface area contributed by atoms with E-state index in [1.165, 1.54) is 19.4 Å². The fourth-order valence-electron chi connectivity index (χ4n) is 8.39. The molecule has 40 heavy (non-hydrogen) atoms. The first-order chi connectivity index (χ1) is 18.6. The summed E-state index contributed by atoms with van der Waals surface area (Å²) < 4.78 is 11.3. The second kappa shape index (κ2) is 12.2. The molecule has 0 bridgehead atoms. The van der Waals surface area contributed by atoms with Gasteiger partial charge in [0.05, 0.1) is 6.61 Å². The predicted molar refractivity (Wildman–Crippen MR) is 157 cm³/mol. The molecule has 0 aliphatic heterocycles. The molecule has 0 heterocycles. The molecule has 7 atom stereocenters. The smallest absolute Gasteiger partial charge is 0.303 e. The number of esters is 2. The van der Waals surface area contributed by atoms with Gasteiger partial charge in [0.15, 0.2) is 5.78 Å². The standard InChI is InChI=1S/C34H50O6/c1-21(2)13-14-27(39-24(5)36)22(3)11-10-12-23(4)31-26(38)19-29-32(7)18-16-30(40-25(6)37)34(9,20-35)28(32)15-17-33(29,31)8/h10-13,27-30,35H,14-20H2,1-9H3/b12-10+,22-11+,31-23+/t27-,28+,29-,30-,32-,33-,34+/m0/s1. The second-order valence-corrected chi connectivity index (χ2v) is 13.4. The SMILES string of the molecule is CC(=O)O[C@@H](CC=C(C)C)/C(C)=C/C=C/C(C)=C1\C(=O)C[C@H]2[C@@]3(C)CC[C@H](OC(C)=O)[C@](C)(CO)[C@@H]3CC[C@]12C. The van der Waals surface area contributed by atoms with Crippen molar-refractivity contribution in [3.63, 3.8) is 0 Å². The number of carbonyl (C=O) groups excluding carboxylic acids is 3. The van der Waals surface area contributed by atoms with Crippen LogP contribution in [-0.4, -0.2) is 41.6 Å². The number of hydrogen-bond donors (Lipinski definition) is 1. The molecule has 3 aliphatic carbocycles. The minimum atomic E-state index is -0.531. The van der Waals surface area contributed by atoms with Gasteiger partial charge < -0.3 is 14.6 Å². The van der Waals surface area contributed by atoms with Gasteiger partial charge >= 0.3 is 11.9 Å². The van der Waals surface area contributed by atoms with Gasteiger partial charge in [0.2, 0.25) is 0 Å². The fraction of sp³-hybridized carbons (Fsp3) is 0.676. The molecule has 0 unspecified atom stereocenters. The predicted octanol–water partition coefficient (Wildman–Crippen LogP) is 6.83. The van der Waals surface area contributed by atoms with Gasteiger partial charge in [0, 0.05) is 43.1 Å². The Balaban J connectivity index is 1.90. The first-order valence-electron chi connectivity index (χ1n) is 14.8. The molecule has 6 nitrogen and oxygen atoms in total. The molecule has 3 aliphatic rings. The van der Waals surface area contributed by atoms with Crippen LogP contribution in [0, 0.1) is 28.1 Å². The highest BCUT2D eigenvalue weighted by atomic mass is 16.5.